The van der Waals surface area contributed by atoms with Gasteiger partial charge in [0.05, 0.1) is 0 Å². The Morgan fingerprint density at radius 1 is 1.50 bits per heavy atom. The molecule has 1 amide bonds. The lowest BCUT2D eigenvalue weighted by Gasteiger charge is -2.15. The van der Waals surface area contributed by atoms with Crippen LogP contribution in [0.4, 0.5) is 5.82 Å². The summed E-state index contributed by atoms with van der Waals surface area (Å²) in [5, 5.41) is 0.593. The predicted octanol–water partition coefficient (Wildman–Crippen LogP) is 1.02. The standard InChI is InChI=1S/C10H14N4OS/c1-16-10-12-6-7(8(11)13-10)9(15)14-4-2-3-5-14/h6H,2-5H2,1H3,(H2,11,12,13). The van der Waals surface area contributed by atoms with E-state index in [1.807, 2.05) is 6.26 Å². The number of nitrogen functional groups attached to an aromatic ring is 1. The molecule has 1 aliphatic rings. The van der Waals surface area contributed by atoms with Crippen molar-refractivity contribution in [2.45, 2.75) is 18.0 Å². The molecule has 5 nitrogen and oxygen atoms in total. The Morgan fingerprint density at radius 2 is 2.19 bits per heavy atom. The van der Waals surface area contributed by atoms with Crippen LogP contribution in [-0.2, 0) is 0 Å². The van der Waals surface area contributed by atoms with E-state index in [2.05, 4.69) is 9.97 Å². The second kappa shape index (κ2) is 4.69. The third kappa shape index (κ3) is 2.11. The maximum absolute atomic E-state index is 12.0. The summed E-state index contributed by atoms with van der Waals surface area (Å²) in [6.45, 7) is 1.62. The zero-order chi connectivity index (χ0) is 11.5. The Balaban J connectivity index is 2.22. The molecule has 0 radical (unpaired) electrons. The van der Waals surface area contributed by atoms with Crippen molar-refractivity contribution in [3.05, 3.63) is 11.8 Å². The van der Waals surface area contributed by atoms with Crippen molar-refractivity contribution in [1.29, 1.82) is 0 Å². The minimum Gasteiger partial charge on any atom is -0.383 e. The molecule has 1 aliphatic heterocycles. The molecule has 2 N–H and O–H groups in total. The van der Waals surface area contributed by atoms with Gasteiger partial charge in [0.2, 0.25) is 0 Å². The van der Waals surface area contributed by atoms with Crippen LogP contribution in [0.15, 0.2) is 11.4 Å². The van der Waals surface area contributed by atoms with Gasteiger partial charge in [-0.15, -0.1) is 0 Å². The fourth-order valence-corrected chi connectivity index (χ4v) is 2.08. The van der Waals surface area contributed by atoms with E-state index in [9.17, 15) is 4.79 Å². The van der Waals surface area contributed by atoms with Crippen molar-refractivity contribution in [3.63, 3.8) is 0 Å². The normalized spacial score (nSPS) is 15.4. The van der Waals surface area contributed by atoms with E-state index in [1.54, 1.807) is 4.90 Å². The van der Waals surface area contributed by atoms with E-state index in [0.717, 1.165) is 25.9 Å². The van der Waals surface area contributed by atoms with Gasteiger partial charge in [-0.05, 0) is 19.1 Å². The molecule has 0 unspecified atom stereocenters. The number of anilines is 1. The van der Waals surface area contributed by atoms with Gasteiger partial charge >= 0.3 is 0 Å². The maximum atomic E-state index is 12.0. The first-order chi connectivity index (χ1) is 7.72. The first-order valence-electron chi connectivity index (χ1n) is 5.18. The second-order valence-electron chi connectivity index (χ2n) is 3.65. The molecule has 1 aromatic rings. The quantitative estimate of drug-likeness (QED) is 0.615. The Morgan fingerprint density at radius 3 is 2.75 bits per heavy atom. The molecule has 86 valence electrons. The average molecular weight is 238 g/mol. The predicted molar refractivity (Wildman–Crippen MR) is 63.4 cm³/mol. The van der Waals surface area contributed by atoms with Crippen LogP contribution in [0.2, 0.25) is 0 Å². The van der Waals surface area contributed by atoms with E-state index in [-0.39, 0.29) is 11.7 Å². The van der Waals surface area contributed by atoms with Crippen LogP contribution >= 0.6 is 11.8 Å². The van der Waals surface area contributed by atoms with Gasteiger partial charge in [-0.3, -0.25) is 4.79 Å². The molecule has 0 aliphatic carbocycles. The average Bonchev–Trinajstić information content (AvgIpc) is 2.81. The zero-order valence-corrected chi connectivity index (χ0v) is 9.96. The molecule has 1 saturated heterocycles. The Kier molecular flexibility index (Phi) is 3.28. The molecule has 2 heterocycles. The number of aromatic nitrogens is 2. The van der Waals surface area contributed by atoms with Crippen molar-refractivity contribution >= 4 is 23.5 Å². The van der Waals surface area contributed by atoms with Gasteiger partial charge in [0.15, 0.2) is 5.16 Å². The number of thioether (sulfide) groups is 1. The highest BCUT2D eigenvalue weighted by molar-refractivity contribution is 7.98. The van der Waals surface area contributed by atoms with Gasteiger partial charge in [-0.1, -0.05) is 11.8 Å². The first kappa shape index (κ1) is 11.2. The lowest BCUT2D eigenvalue weighted by Crippen LogP contribution is -2.28. The number of rotatable bonds is 2. The van der Waals surface area contributed by atoms with E-state index in [0.29, 0.717) is 10.7 Å². The molecule has 6 heteroatoms. The number of hydrogen-bond acceptors (Lipinski definition) is 5. The Hall–Kier alpha value is -1.30. The minimum atomic E-state index is -0.0531. The monoisotopic (exact) mass is 238 g/mol. The fourth-order valence-electron chi connectivity index (χ4n) is 1.73. The molecule has 2 rings (SSSR count). The molecule has 16 heavy (non-hydrogen) atoms. The summed E-state index contributed by atoms with van der Waals surface area (Å²) in [5.41, 5.74) is 6.17. The maximum Gasteiger partial charge on any atom is 0.259 e. The summed E-state index contributed by atoms with van der Waals surface area (Å²) >= 11 is 1.41. The number of likely N-dealkylation sites (tertiary alicyclic amines) is 1. The number of nitrogens with zero attached hydrogens (tertiary/aromatic N) is 3. The largest absolute Gasteiger partial charge is 0.383 e. The second-order valence-corrected chi connectivity index (χ2v) is 4.43. The van der Waals surface area contributed by atoms with Crippen molar-refractivity contribution in [2.24, 2.45) is 0 Å². The van der Waals surface area contributed by atoms with E-state index in [1.165, 1.54) is 18.0 Å². The van der Waals surface area contributed by atoms with Crippen LogP contribution < -0.4 is 5.73 Å². The van der Waals surface area contributed by atoms with Crippen molar-refractivity contribution in [3.8, 4) is 0 Å². The summed E-state index contributed by atoms with van der Waals surface area (Å²) in [6.07, 6.45) is 5.52. The number of carbonyl (C=O) groups excluding carboxylic acids is 1. The van der Waals surface area contributed by atoms with Gasteiger partial charge in [0.25, 0.3) is 5.91 Å². The summed E-state index contributed by atoms with van der Waals surface area (Å²) in [4.78, 5) is 22.0. The number of carbonyl (C=O) groups is 1. The highest BCUT2D eigenvalue weighted by atomic mass is 32.2. The van der Waals surface area contributed by atoms with Crippen LogP contribution in [0.3, 0.4) is 0 Å². The summed E-state index contributed by atoms with van der Waals surface area (Å²) < 4.78 is 0. The lowest BCUT2D eigenvalue weighted by molar-refractivity contribution is 0.0793. The van der Waals surface area contributed by atoms with Gasteiger partial charge in [-0.2, -0.15) is 0 Å². The molecule has 1 fully saturated rings. The molecule has 0 saturated carbocycles. The van der Waals surface area contributed by atoms with Crippen molar-refractivity contribution in [2.75, 3.05) is 25.1 Å². The molecule has 0 spiro atoms. The summed E-state index contributed by atoms with van der Waals surface area (Å²) in [6, 6.07) is 0. The van der Waals surface area contributed by atoms with Crippen molar-refractivity contribution in [1.82, 2.24) is 14.9 Å². The Labute approximate surface area is 98.4 Å². The lowest BCUT2D eigenvalue weighted by atomic mass is 10.3. The third-order valence-corrected chi connectivity index (χ3v) is 3.16. The smallest absolute Gasteiger partial charge is 0.259 e. The summed E-state index contributed by atoms with van der Waals surface area (Å²) in [5.74, 6) is 0.221. The topological polar surface area (TPSA) is 72.1 Å². The zero-order valence-electron chi connectivity index (χ0n) is 9.14. The van der Waals surface area contributed by atoms with Crippen LogP contribution in [0, 0.1) is 0 Å². The van der Waals surface area contributed by atoms with Gasteiger partial charge in [0, 0.05) is 19.3 Å². The van der Waals surface area contributed by atoms with Gasteiger partial charge < -0.3 is 10.6 Å². The van der Waals surface area contributed by atoms with Crippen LogP contribution in [-0.4, -0.2) is 40.1 Å². The minimum absolute atomic E-state index is 0.0531. The van der Waals surface area contributed by atoms with E-state index in [4.69, 9.17) is 5.73 Å². The number of nitrogens with two attached hydrogens (primary N) is 1. The van der Waals surface area contributed by atoms with Gasteiger partial charge in [0.1, 0.15) is 11.4 Å². The third-order valence-electron chi connectivity index (χ3n) is 2.60. The number of amides is 1. The fraction of sp³-hybridized carbons (Fsp3) is 0.500. The summed E-state index contributed by atoms with van der Waals surface area (Å²) in [7, 11) is 0. The van der Waals surface area contributed by atoms with Crippen LogP contribution in [0.25, 0.3) is 0 Å². The van der Waals surface area contributed by atoms with Crippen LogP contribution in [0.5, 0.6) is 0 Å². The van der Waals surface area contributed by atoms with E-state index >= 15 is 0 Å². The first-order valence-corrected chi connectivity index (χ1v) is 6.40. The van der Waals surface area contributed by atoms with Crippen LogP contribution in [0.1, 0.15) is 23.2 Å². The SMILES string of the molecule is CSc1ncc(C(=O)N2CCCC2)c(N)n1. The molecular weight excluding hydrogens is 224 g/mol. The highest BCUT2D eigenvalue weighted by Gasteiger charge is 2.22. The molecule has 0 aromatic carbocycles. The highest BCUT2D eigenvalue weighted by Crippen LogP contribution is 2.18. The van der Waals surface area contributed by atoms with E-state index < -0.39 is 0 Å². The molecule has 1 aromatic heterocycles. The molecular formula is C10H14N4OS. The molecule has 0 atom stereocenters. The van der Waals surface area contributed by atoms with Crippen molar-refractivity contribution < 1.29 is 4.79 Å². The Bertz CT molecular complexity index is 404. The molecule has 0 bridgehead atoms. The van der Waals surface area contributed by atoms with Gasteiger partial charge in [-0.25, -0.2) is 9.97 Å². The number of hydrogen-bond donors (Lipinski definition) is 1.